The first-order valence-electron chi connectivity index (χ1n) is 5.73. The summed E-state index contributed by atoms with van der Waals surface area (Å²) in [5, 5.41) is 17.4. The lowest BCUT2D eigenvalue weighted by atomic mass is 10.1. The second-order valence-electron chi connectivity index (χ2n) is 3.76. The van der Waals surface area contributed by atoms with Crippen molar-refractivity contribution in [3.63, 3.8) is 0 Å². The number of sulfonamides is 1. The third-order valence-electron chi connectivity index (χ3n) is 2.29. The summed E-state index contributed by atoms with van der Waals surface area (Å²) in [5.74, 6) is -0.239. The molecule has 0 aliphatic rings. The fraction of sp³-hybridized carbons (Fsp3) is 0.417. The van der Waals surface area contributed by atoms with Crippen molar-refractivity contribution in [1.29, 1.82) is 5.26 Å². The highest BCUT2D eigenvalue weighted by molar-refractivity contribution is 7.88. The molecule has 0 radical (unpaired) electrons. The number of hydrogen-bond donors (Lipinski definition) is 2. The molecule has 0 aliphatic heterocycles. The molecule has 7 heteroatoms. The van der Waals surface area contributed by atoms with Gasteiger partial charge in [-0.15, -0.1) is 0 Å². The molecule has 0 heterocycles. The van der Waals surface area contributed by atoms with Crippen molar-refractivity contribution in [2.75, 3.05) is 26.4 Å². The minimum Gasteiger partial charge on any atom is -0.394 e. The van der Waals surface area contributed by atoms with Gasteiger partial charge in [0.1, 0.15) is 0 Å². The number of hydrogen-bond acceptors (Lipinski definition) is 5. The Balaban J connectivity index is 2.53. The van der Waals surface area contributed by atoms with Crippen LogP contribution in [0.5, 0.6) is 0 Å². The van der Waals surface area contributed by atoms with E-state index in [0.29, 0.717) is 11.1 Å². The van der Waals surface area contributed by atoms with Crippen LogP contribution in [-0.2, 0) is 20.5 Å². The predicted molar refractivity (Wildman–Crippen MR) is 69.7 cm³/mol. The van der Waals surface area contributed by atoms with Crippen LogP contribution in [0.2, 0.25) is 0 Å². The van der Waals surface area contributed by atoms with Crippen molar-refractivity contribution < 1.29 is 18.3 Å². The van der Waals surface area contributed by atoms with E-state index < -0.39 is 10.0 Å². The molecule has 2 N–H and O–H groups in total. The maximum Gasteiger partial charge on any atom is 0.215 e. The smallest absolute Gasteiger partial charge is 0.215 e. The first-order chi connectivity index (χ1) is 9.09. The van der Waals surface area contributed by atoms with Gasteiger partial charge >= 0.3 is 0 Å². The zero-order valence-corrected chi connectivity index (χ0v) is 11.2. The summed E-state index contributed by atoms with van der Waals surface area (Å²) in [6, 6.07) is 8.52. The first kappa shape index (κ1) is 15.6. The summed E-state index contributed by atoms with van der Waals surface area (Å²) in [6.07, 6.45) is 0. The van der Waals surface area contributed by atoms with Crippen molar-refractivity contribution in [3.05, 3.63) is 35.4 Å². The Morgan fingerprint density at radius 3 is 2.74 bits per heavy atom. The Kier molecular flexibility index (Phi) is 6.45. The molecule has 104 valence electrons. The van der Waals surface area contributed by atoms with Gasteiger partial charge in [0.25, 0.3) is 0 Å². The van der Waals surface area contributed by atoms with Crippen LogP contribution in [0.25, 0.3) is 0 Å². The second-order valence-corrected chi connectivity index (χ2v) is 5.57. The number of nitrogens with zero attached hydrogens (tertiary/aromatic N) is 1. The summed E-state index contributed by atoms with van der Waals surface area (Å²) in [6.45, 7) is 0.415. The lowest BCUT2D eigenvalue weighted by molar-refractivity contribution is 0.0961. The van der Waals surface area contributed by atoms with Gasteiger partial charge in [-0.25, -0.2) is 13.1 Å². The third-order valence-corrected chi connectivity index (χ3v) is 3.62. The maximum absolute atomic E-state index is 11.8. The molecule has 0 unspecified atom stereocenters. The Bertz CT molecular complexity index is 537. The number of benzene rings is 1. The summed E-state index contributed by atoms with van der Waals surface area (Å²) in [7, 11) is -3.50. The lowest BCUT2D eigenvalue weighted by Gasteiger charge is -2.08. The molecule has 0 saturated heterocycles. The van der Waals surface area contributed by atoms with Gasteiger partial charge in [-0.3, -0.25) is 0 Å². The molecule has 6 nitrogen and oxygen atoms in total. The minimum absolute atomic E-state index is 0.0949. The predicted octanol–water partition coefficient (Wildman–Crippen LogP) is -0.0134. The molecule has 0 aliphatic carbocycles. The van der Waals surface area contributed by atoms with Crippen LogP contribution in [0.15, 0.2) is 24.3 Å². The van der Waals surface area contributed by atoms with Crippen molar-refractivity contribution in [3.8, 4) is 6.07 Å². The fourth-order valence-corrected chi connectivity index (χ4v) is 2.60. The van der Waals surface area contributed by atoms with E-state index >= 15 is 0 Å². The molecule has 0 fully saturated rings. The normalized spacial score (nSPS) is 11.2. The van der Waals surface area contributed by atoms with Gasteiger partial charge in [-0.2, -0.15) is 5.26 Å². The monoisotopic (exact) mass is 284 g/mol. The van der Waals surface area contributed by atoms with Gasteiger partial charge in [0.2, 0.25) is 10.0 Å². The molecule has 0 atom stereocenters. The highest BCUT2D eigenvalue weighted by atomic mass is 32.2. The van der Waals surface area contributed by atoms with Crippen molar-refractivity contribution in [2.24, 2.45) is 0 Å². The molecule has 0 amide bonds. The van der Waals surface area contributed by atoms with Crippen molar-refractivity contribution in [2.45, 2.75) is 5.75 Å². The second kappa shape index (κ2) is 7.86. The number of nitriles is 1. The molecule has 0 saturated carbocycles. The Morgan fingerprint density at radius 2 is 2.05 bits per heavy atom. The van der Waals surface area contributed by atoms with Gasteiger partial charge in [0.15, 0.2) is 0 Å². The Labute approximate surface area is 112 Å². The summed E-state index contributed by atoms with van der Waals surface area (Å²) in [5.41, 5.74) is 0.818. The van der Waals surface area contributed by atoms with Gasteiger partial charge in [0.05, 0.1) is 37.2 Å². The van der Waals surface area contributed by atoms with Crippen LogP contribution >= 0.6 is 0 Å². The van der Waals surface area contributed by atoms with E-state index in [1.54, 1.807) is 24.3 Å². The molecular formula is C12H16N2O4S. The van der Waals surface area contributed by atoms with Gasteiger partial charge < -0.3 is 9.84 Å². The maximum atomic E-state index is 11.8. The van der Waals surface area contributed by atoms with E-state index in [2.05, 4.69) is 4.72 Å². The van der Waals surface area contributed by atoms with Gasteiger partial charge in [-0.1, -0.05) is 18.2 Å². The highest BCUT2D eigenvalue weighted by Gasteiger charge is 2.13. The molecular weight excluding hydrogens is 268 g/mol. The van der Waals surface area contributed by atoms with Crippen LogP contribution < -0.4 is 4.72 Å². The average molecular weight is 284 g/mol. The summed E-state index contributed by atoms with van der Waals surface area (Å²) >= 11 is 0. The van der Waals surface area contributed by atoms with E-state index in [1.807, 2.05) is 6.07 Å². The van der Waals surface area contributed by atoms with Crippen LogP contribution in [0.4, 0.5) is 0 Å². The van der Waals surface area contributed by atoms with Crippen LogP contribution in [0.1, 0.15) is 11.1 Å². The highest BCUT2D eigenvalue weighted by Crippen LogP contribution is 2.10. The van der Waals surface area contributed by atoms with Crippen LogP contribution in [0, 0.1) is 11.3 Å². The fourth-order valence-electron chi connectivity index (χ4n) is 1.45. The number of rotatable bonds is 8. The molecule has 0 spiro atoms. The van der Waals surface area contributed by atoms with E-state index in [0.717, 1.165) is 0 Å². The van der Waals surface area contributed by atoms with Crippen LogP contribution in [-0.4, -0.2) is 39.9 Å². The number of ether oxygens (including phenoxy) is 1. The zero-order chi connectivity index (χ0) is 14.1. The van der Waals surface area contributed by atoms with E-state index in [4.69, 9.17) is 15.1 Å². The zero-order valence-electron chi connectivity index (χ0n) is 10.4. The largest absolute Gasteiger partial charge is 0.394 e. The van der Waals surface area contributed by atoms with Crippen LogP contribution in [0.3, 0.4) is 0 Å². The average Bonchev–Trinajstić information content (AvgIpc) is 2.38. The van der Waals surface area contributed by atoms with E-state index in [1.165, 1.54) is 0 Å². The van der Waals surface area contributed by atoms with Crippen molar-refractivity contribution in [1.82, 2.24) is 4.72 Å². The van der Waals surface area contributed by atoms with Gasteiger partial charge in [0, 0.05) is 6.54 Å². The molecule has 1 aromatic carbocycles. The SMILES string of the molecule is N#Cc1ccccc1CS(=O)(=O)NCCOCCO. The Hall–Kier alpha value is -1.46. The number of aliphatic hydroxyl groups excluding tert-OH is 1. The summed E-state index contributed by atoms with van der Waals surface area (Å²) in [4.78, 5) is 0. The number of nitrogens with one attached hydrogen (secondary N) is 1. The third kappa shape index (κ3) is 5.81. The molecule has 1 aromatic rings. The minimum atomic E-state index is -3.50. The molecule has 0 bridgehead atoms. The molecule has 1 rings (SSSR count). The summed E-state index contributed by atoms with van der Waals surface area (Å²) < 4.78 is 30.9. The lowest BCUT2D eigenvalue weighted by Crippen LogP contribution is -2.29. The Morgan fingerprint density at radius 1 is 1.32 bits per heavy atom. The van der Waals surface area contributed by atoms with Crippen molar-refractivity contribution >= 4 is 10.0 Å². The topological polar surface area (TPSA) is 99.4 Å². The quantitative estimate of drug-likeness (QED) is 0.654. The standard InChI is InChI=1S/C12H16N2O4S/c13-9-11-3-1-2-4-12(11)10-19(16,17)14-5-7-18-8-6-15/h1-4,14-15H,5-8,10H2. The van der Waals surface area contributed by atoms with E-state index in [-0.39, 0.29) is 32.1 Å². The first-order valence-corrected chi connectivity index (χ1v) is 7.38. The number of aliphatic hydroxyl groups is 1. The molecule has 0 aromatic heterocycles. The van der Waals surface area contributed by atoms with Gasteiger partial charge in [-0.05, 0) is 11.6 Å². The molecule has 19 heavy (non-hydrogen) atoms. The van der Waals surface area contributed by atoms with E-state index in [9.17, 15) is 8.42 Å².